The van der Waals surface area contributed by atoms with E-state index >= 15 is 0 Å². The van der Waals surface area contributed by atoms with Crippen LogP contribution in [-0.4, -0.2) is 14.2 Å². The molecule has 0 aromatic heterocycles. The predicted octanol–water partition coefficient (Wildman–Crippen LogP) is 2.15. The first-order valence-corrected chi connectivity index (χ1v) is 3.57. The third kappa shape index (κ3) is 1.49. The van der Waals surface area contributed by atoms with E-state index in [1.807, 2.05) is 0 Å². The highest BCUT2D eigenvalue weighted by molar-refractivity contribution is 5.39. The molecule has 0 radical (unpaired) electrons. The molecule has 66 valence electrons. The second kappa shape index (κ2) is 3.43. The molecule has 0 amide bonds. The van der Waals surface area contributed by atoms with E-state index in [1.165, 1.54) is 20.3 Å². The second-order valence-electron chi connectivity index (χ2n) is 2.46. The molecule has 0 atom stereocenters. The maximum Gasteiger partial charge on any atom is 0.168 e. The minimum absolute atomic E-state index is 0.215. The van der Waals surface area contributed by atoms with Crippen molar-refractivity contribution in [1.82, 2.24) is 0 Å². The number of hydrogen-bond acceptors (Lipinski definition) is 2. The Bertz CT molecular complexity index is 284. The first kappa shape index (κ1) is 8.84. The van der Waals surface area contributed by atoms with Crippen LogP contribution in [0.4, 0.5) is 4.39 Å². The topological polar surface area (TPSA) is 18.5 Å². The van der Waals surface area contributed by atoms with Gasteiger partial charge in [0.1, 0.15) is 5.75 Å². The molecule has 1 aromatic carbocycles. The normalized spacial score (nSPS) is 9.67. The van der Waals surface area contributed by atoms with Gasteiger partial charge in [-0.15, -0.1) is 0 Å². The second-order valence-corrected chi connectivity index (χ2v) is 2.46. The van der Waals surface area contributed by atoms with Crippen molar-refractivity contribution in [3.05, 3.63) is 23.5 Å². The fraction of sp³-hybridized carbons (Fsp3) is 0.333. The summed E-state index contributed by atoms with van der Waals surface area (Å²) in [6, 6.07) is 3.14. The predicted molar refractivity (Wildman–Crippen MR) is 44.2 cm³/mol. The van der Waals surface area contributed by atoms with Crippen LogP contribution in [0.2, 0.25) is 0 Å². The fourth-order valence-electron chi connectivity index (χ4n) is 0.972. The van der Waals surface area contributed by atoms with Gasteiger partial charge in [-0.1, -0.05) is 0 Å². The molecule has 0 bridgehead atoms. The van der Waals surface area contributed by atoms with Gasteiger partial charge in [0, 0.05) is 6.07 Å². The standard InChI is InChI=1S/C9H11FO2/c1-6-4-7(11-2)5-8(12-3)9(6)10/h4-5H,1-3H3. The molecule has 0 aliphatic rings. The zero-order chi connectivity index (χ0) is 9.14. The molecule has 0 aliphatic carbocycles. The van der Waals surface area contributed by atoms with Crippen LogP contribution < -0.4 is 9.47 Å². The van der Waals surface area contributed by atoms with Gasteiger partial charge in [0.2, 0.25) is 0 Å². The van der Waals surface area contributed by atoms with Gasteiger partial charge in [-0.2, -0.15) is 0 Å². The molecular formula is C9H11FO2. The van der Waals surface area contributed by atoms with Crippen LogP contribution >= 0.6 is 0 Å². The number of rotatable bonds is 2. The third-order valence-electron chi connectivity index (χ3n) is 1.65. The number of aryl methyl sites for hydroxylation is 1. The molecule has 2 nitrogen and oxygen atoms in total. The number of ether oxygens (including phenoxy) is 2. The van der Waals surface area contributed by atoms with Gasteiger partial charge in [0.25, 0.3) is 0 Å². The van der Waals surface area contributed by atoms with Crippen LogP contribution in [0, 0.1) is 12.7 Å². The summed E-state index contributed by atoms with van der Waals surface area (Å²) >= 11 is 0. The highest BCUT2D eigenvalue weighted by Crippen LogP contribution is 2.26. The molecule has 0 saturated carbocycles. The molecule has 0 fully saturated rings. The monoisotopic (exact) mass is 170 g/mol. The van der Waals surface area contributed by atoms with Crippen LogP contribution in [0.1, 0.15) is 5.56 Å². The summed E-state index contributed by atoms with van der Waals surface area (Å²) in [5.41, 5.74) is 0.520. The Kier molecular flexibility index (Phi) is 2.53. The van der Waals surface area contributed by atoms with Gasteiger partial charge in [0.15, 0.2) is 11.6 Å². The Labute approximate surface area is 70.9 Å². The van der Waals surface area contributed by atoms with Crippen molar-refractivity contribution in [2.24, 2.45) is 0 Å². The highest BCUT2D eigenvalue weighted by Gasteiger charge is 2.07. The molecule has 0 spiro atoms. The van der Waals surface area contributed by atoms with Gasteiger partial charge >= 0.3 is 0 Å². The molecule has 0 unspecified atom stereocenters. The summed E-state index contributed by atoms with van der Waals surface area (Å²) in [5, 5.41) is 0. The van der Waals surface area contributed by atoms with Gasteiger partial charge in [-0.3, -0.25) is 0 Å². The van der Waals surface area contributed by atoms with Gasteiger partial charge in [-0.05, 0) is 18.6 Å². The highest BCUT2D eigenvalue weighted by atomic mass is 19.1. The van der Waals surface area contributed by atoms with E-state index in [0.717, 1.165) is 0 Å². The minimum atomic E-state index is -0.335. The lowest BCUT2D eigenvalue weighted by atomic mass is 10.2. The molecule has 0 N–H and O–H groups in total. The maximum absolute atomic E-state index is 13.1. The van der Waals surface area contributed by atoms with Crippen LogP contribution in [0.3, 0.4) is 0 Å². The Balaban J connectivity index is 3.19. The van der Waals surface area contributed by atoms with Crippen LogP contribution in [0.25, 0.3) is 0 Å². The number of benzene rings is 1. The lowest BCUT2D eigenvalue weighted by Crippen LogP contribution is -1.93. The first-order valence-electron chi connectivity index (χ1n) is 3.57. The first-order chi connectivity index (χ1) is 5.69. The Hall–Kier alpha value is -1.25. The number of hydrogen-bond donors (Lipinski definition) is 0. The summed E-state index contributed by atoms with van der Waals surface area (Å²) in [4.78, 5) is 0. The minimum Gasteiger partial charge on any atom is -0.497 e. The van der Waals surface area contributed by atoms with Crippen LogP contribution in [-0.2, 0) is 0 Å². The van der Waals surface area contributed by atoms with Gasteiger partial charge in [-0.25, -0.2) is 4.39 Å². The summed E-state index contributed by atoms with van der Waals surface area (Å²) in [7, 11) is 2.96. The third-order valence-corrected chi connectivity index (χ3v) is 1.65. The smallest absolute Gasteiger partial charge is 0.168 e. The fourth-order valence-corrected chi connectivity index (χ4v) is 0.972. The van der Waals surface area contributed by atoms with Crippen molar-refractivity contribution in [1.29, 1.82) is 0 Å². The molecule has 1 aromatic rings. The van der Waals surface area contributed by atoms with Crippen molar-refractivity contribution in [3.8, 4) is 11.5 Å². The van der Waals surface area contributed by atoms with Gasteiger partial charge < -0.3 is 9.47 Å². The lowest BCUT2D eigenvalue weighted by Gasteiger charge is -2.07. The summed E-state index contributed by atoms with van der Waals surface area (Å²) < 4.78 is 22.9. The zero-order valence-electron chi connectivity index (χ0n) is 7.35. The Morgan fingerprint density at radius 3 is 2.33 bits per heavy atom. The van der Waals surface area contributed by atoms with Crippen molar-refractivity contribution < 1.29 is 13.9 Å². The molecule has 0 saturated heterocycles. The van der Waals surface area contributed by atoms with E-state index in [4.69, 9.17) is 9.47 Å². The van der Waals surface area contributed by atoms with Crippen molar-refractivity contribution >= 4 is 0 Å². The van der Waals surface area contributed by atoms with E-state index in [0.29, 0.717) is 11.3 Å². The van der Waals surface area contributed by atoms with E-state index in [2.05, 4.69) is 0 Å². The zero-order valence-corrected chi connectivity index (χ0v) is 7.35. The molecular weight excluding hydrogens is 159 g/mol. The largest absolute Gasteiger partial charge is 0.497 e. The molecule has 0 aliphatic heterocycles. The molecule has 12 heavy (non-hydrogen) atoms. The van der Waals surface area contributed by atoms with Crippen molar-refractivity contribution in [2.75, 3.05) is 14.2 Å². The summed E-state index contributed by atoms with van der Waals surface area (Å²) in [6.45, 7) is 1.67. The van der Waals surface area contributed by atoms with E-state index in [1.54, 1.807) is 13.0 Å². The SMILES string of the molecule is COc1cc(C)c(F)c(OC)c1. The van der Waals surface area contributed by atoms with Crippen molar-refractivity contribution in [2.45, 2.75) is 6.92 Å². The Morgan fingerprint density at radius 2 is 1.83 bits per heavy atom. The van der Waals surface area contributed by atoms with Crippen LogP contribution in [0.15, 0.2) is 12.1 Å². The maximum atomic E-state index is 13.1. The summed E-state index contributed by atoms with van der Waals surface area (Å²) in [6.07, 6.45) is 0. The average molecular weight is 170 g/mol. The molecule has 1 rings (SSSR count). The molecule has 0 heterocycles. The summed E-state index contributed by atoms with van der Waals surface area (Å²) in [5.74, 6) is 0.482. The van der Waals surface area contributed by atoms with Crippen LogP contribution in [0.5, 0.6) is 11.5 Å². The number of methoxy groups -OCH3 is 2. The Morgan fingerprint density at radius 1 is 1.17 bits per heavy atom. The van der Waals surface area contributed by atoms with E-state index in [-0.39, 0.29) is 11.6 Å². The molecule has 3 heteroatoms. The quantitative estimate of drug-likeness (QED) is 0.677. The van der Waals surface area contributed by atoms with Crippen molar-refractivity contribution in [3.63, 3.8) is 0 Å². The van der Waals surface area contributed by atoms with E-state index < -0.39 is 0 Å². The van der Waals surface area contributed by atoms with Gasteiger partial charge in [0.05, 0.1) is 14.2 Å². The average Bonchev–Trinajstić information content (AvgIpc) is 2.09. The number of halogens is 1. The van der Waals surface area contributed by atoms with E-state index in [9.17, 15) is 4.39 Å². The lowest BCUT2D eigenvalue weighted by molar-refractivity contribution is 0.372.